The third kappa shape index (κ3) is 120. The molecular weight excluding hydrogens is 875 g/mol. The molecule has 12 nitrogen and oxygen atoms in total. The van der Waals surface area contributed by atoms with Crippen LogP contribution in [-0.2, 0) is 30.3 Å². The minimum Gasteiger partial charge on any atom is -0.759 e. The third-order valence-electron chi connectivity index (χ3n) is 10.6. The molecule has 0 rings (SSSR count). The summed E-state index contributed by atoms with van der Waals surface area (Å²) in [4.78, 5) is 0. The second-order valence-corrected chi connectivity index (χ2v) is 18.5. The maximum atomic E-state index is 8.74. The van der Waals surface area contributed by atoms with Crippen molar-refractivity contribution >= 4 is 20.8 Å². The first-order valence-corrected chi connectivity index (χ1v) is 28.1. The molecule has 8 N–H and O–H groups in total. The van der Waals surface area contributed by atoms with Gasteiger partial charge in [-0.1, -0.05) is 259 Å². The van der Waals surface area contributed by atoms with Gasteiger partial charge in [0.25, 0.3) is 0 Å². The molecule has 16 heteroatoms. The standard InChI is InChI=1S/2C24H50O.2H3N.2Na.2H2O4S/c2*1-3-5-7-9-11-13-15-17-19-21-23-25-24-22-20-18-16-14-12-10-8-6-4-2;;;;;2*1-5(2,3)4/h2*3-24H2,1-2H3;2*1H3;;;2*(H2,1,2,3,4)/q;;;;2*+1;;/p-2. The van der Waals surface area contributed by atoms with E-state index in [0.717, 1.165) is 26.4 Å². The fourth-order valence-corrected chi connectivity index (χ4v) is 6.97. The largest absolute Gasteiger partial charge is 1.00 e. The van der Waals surface area contributed by atoms with Gasteiger partial charge in [-0.2, -0.15) is 8.42 Å². The van der Waals surface area contributed by atoms with Crippen molar-refractivity contribution in [2.75, 3.05) is 26.4 Å². The first kappa shape index (κ1) is 82.5. The molecule has 0 atom stereocenters. The number of ether oxygens (including phenoxy) is 2. The van der Waals surface area contributed by atoms with E-state index in [1.165, 1.54) is 257 Å². The van der Waals surface area contributed by atoms with Crippen LogP contribution >= 0.6 is 0 Å². The molecule has 0 amide bonds. The molecule has 0 saturated heterocycles. The summed E-state index contributed by atoms with van der Waals surface area (Å²) in [6, 6.07) is 0. The summed E-state index contributed by atoms with van der Waals surface area (Å²) in [6.45, 7) is 13.1. The Bertz CT molecular complexity index is 838. The Balaban J connectivity index is -0.000000128. The predicted octanol–water partition coefficient (Wildman–Crippen LogP) is 10.0. The first-order valence-electron chi connectivity index (χ1n) is 25.3. The quantitative estimate of drug-likeness (QED) is 0.0193. The third-order valence-corrected chi connectivity index (χ3v) is 10.6. The van der Waals surface area contributed by atoms with E-state index in [2.05, 4.69) is 27.7 Å². The van der Waals surface area contributed by atoms with E-state index in [4.69, 9.17) is 44.5 Å². The summed E-state index contributed by atoms with van der Waals surface area (Å²) in [5, 5.41) is 0. The zero-order valence-electron chi connectivity index (χ0n) is 43.5. The van der Waals surface area contributed by atoms with E-state index in [9.17, 15) is 0 Å². The van der Waals surface area contributed by atoms with Gasteiger partial charge in [-0.15, -0.1) is 0 Å². The Hall–Kier alpha value is 1.58. The molecule has 0 spiro atoms. The van der Waals surface area contributed by atoms with Crippen molar-refractivity contribution in [3.8, 4) is 0 Å². The van der Waals surface area contributed by atoms with Crippen LogP contribution in [0, 0.1) is 0 Å². The van der Waals surface area contributed by atoms with E-state index >= 15 is 0 Å². The van der Waals surface area contributed by atoms with Crippen LogP contribution in [0.25, 0.3) is 0 Å². The average molecular weight is 984 g/mol. The molecule has 384 valence electrons. The van der Waals surface area contributed by atoms with Crippen molar-refractivity contribution in [3.05, 3.63) is 0 Å². The molecule has 64 heavy (non-hydrogen) atoms. The summed E-state index contributed by atoms with van der Waals surface area (Å²) in [7, 11) is -9.83. The molecular formula is C48H108N2Na2O10S2. The van der Waals surface area contributed by atoms with E-state index in [1.807, 2.05) is 0 Å². The fraction of sp³-hybridized carbons (Fsp3) is 1.00. The average Bonchev–Trinajstić information content (AvgIpc) is 3.18. The number of hydrogen-bond acceptors (Lipinski definition) is 10. The van der Waals surface area contributed by atoms with Crippen LogP contribution < -0.4 is 71.4 Å². The maximum absolute atomic E-state index is 8.74. The second kappa shape index (κ2) is 73.5. The van der Waals surface area contributed by atoms with Gasteiger partial charge >= 0.3 is 69.5 Å². The summed E-state index contributed by atoms with van der Waals surface area (Å²) in [6.07, 6.45) is 56.3. The SMILES string of the molecule is CCCCCCCCCCCCOCCCCCCCCCCCC.CCCCCCCCCCCCOCCCCCCCCCCCC.N.N.O=S(=O)(O)O.O=S(=O)([O-])[O-].[Na+].[Na+]. The molecule has 0 aliphatic carbocycles. The fourth-order valence-electron chi connectivity index (χ4n) is 6.97. The Morgan fingerprint density at radius 1 is 0.297 bits per heavy atom. The summed E-state index contributed by atoms with van der Waals surface area (Å²) < 4.78 is 77.2. The van der Waals surface area contributed by atoms with Crippen molar-refractivity contribution in [1.29, 1.82) is 0 Å². The molecule has 0 radical (unpaired) electrons. The zero-order chi connectivity index (χ0) is 45.5. The number of hydrogen-bond donors (Lipinski definition) is 4. The van der Waals surface area contributed by atoms with Crippen LogP contribution in [0.3, 0.4) is 0 Å². The zero-order valence-corrected chi connectivity index (χ0v) is 49.1. The van der Waals surface area contributed by atoms with E-state index in [-0.39, 0.29) is 71.4 Å². The molecule has 0 fully saturated rings. The molecule has 0 aromatic heterocycles. The summed E-state index contributed by atoms with van der Waals surface area (Å²) >= 11 is 0. The Morgan fingerprint density at radius 3 is 0.500 bits per heavy atom. The van der Waals surface area contributed by atoms with Gasteiger partial charge in [-0.05, 0) is 25.7 Å². The van der Waals surface area contributed by atoms with Crippen molar-refractivity contribution in [2.24, 2.45) is 0 Å². The van der Waals surface area contributed by atoms with Crippen LogP contribution in [0.1, 0.15) is 285 Å². The van der Waals surface area contributed by atoms with E-state index < -0.39 is 20.8 Å². The number of unbranched alkanes of at least 4 members (excludes halogenated alkanes) is 36. The van der Waals surface area contributed by atoms with Crippen LogP contribution in [0.5, 0.6) is 0 Å². The number of rotatable bonds is 44. The van der Waals surface area contributed by atoms with Crippen molar-refractivity contribution in [3.63, 3.8) is 0 Å². The molecule has 0 aliphatic heterocycles. The Labute approximate surface area is 443 Å². The minimum absolute atomic E-state index is 0. The summed E-state index contributed by atoms with van der Waals surface area (Å²) in [5.41, 5.74) is 0. The minimum atomic E-state index is -5.17. The van der Waals surface area contributed by atoms with Crippen molar-refractivity contribution < 1.29 is 104 Å². The van der Waals surface area contributed by atoms with E-state index in [1.54, 1.807) is 0 Å². The smallest absolute Gasteiger partial charge is 0.759 e. The second-order valence-electron chi connectivity index (χ2n) is 16.8. The van der Waals surface area contributed by atoms with Crippen LogP contribution in [-0.4, -0.2) is 61.5 Å². The molecule has 0 unspecified atom stereocenters. The molecule has 0 aromatic rings. The predicted molar refractivity (Wildman–Crippen MR) is 264 cm³/mol. The normalized spacial score (nSPS) is 10.6. The van der Waals surface area contributed by atoms with E-state index in [0.29, 0.717) is 0 Å². The monoisotopic (exact) mass is 983 g/mol. The first-order chi connectivity index (χ1) is 28.8. The molecule has 0 heterocycles. The van der Waals surface area contributed by atoms with Crippen LogP contribution in [0.15, 0.2) is 0 Å². The van der Waals surface area contributed by atoms with Gasteiger partial charge in [0.1, 0.15) is 0 Å². The molecule has 0 bridgehead atoms. The van der Waals surface area contributed by atoms with Gasteiger partial charge in [-0.3, -0.25) is 17.5 Å². The van der Waals surface area contributed by atoms with Gasteiger partial charge < -0.3 is 30.9 Å². The Morgan fingerprint density at radius 2 is 0.391 bits per heavy atom. The van der Waals surface area contributed by atoms with Gasteiger partial charge in [0.2, 0.25) is 0 Å². The Kier molecular flexibility index (Phi) is 94.8. The van der Waals surface area contributed by atoms with Gasteiger partial charge in [-0.25, -0.2) is 0 Å². The topological polar surface area (TPSA) is 243 Å². The van der Waals surface area contributed by atoms with Crippen molar-refractivity contribution in [1.82, 2.24) is 12.3 Å². The van der Waals surface area contributed by atoms with Gasteiger partial charge in [0, 0.05) is 36.8 Å². The van der Waals surface area contributed by atoms with Crippen molar-refractivity contribution in [2.45, 2.75) is 285 Å². The molecule has 0 aromatic carbocycles. The molecule has 0 saturated carbocycles. The molecule has 0 aliphatic rings. The maximum Gasteiger partial charge on any atom is 1.00 e. The van der Waals surface area contributed by atoms with Crippen LogP contribution in [0.4, 0.5) is 0 Å². The van der Waals surface area contributed by atoms with Gasteiger partial charge in [0.05, 0.1) is 0 Å². The van der Waals surface area contributed by atoms with Crippen LogP contribution in [0.2, 0.25) is 0 Å². The summed E-state index contributed by atoms with van der Waals surface area (Å²) in [5.74, 6) is 0. The van der Waals surface area contributed by atoms with Gasteiger partial charge in [0.15, 0.2) is 0 Å².